The number of carbonyl (C=O) groups is 2. The second-order valence-corrected chi connectivity index (χ2v) is 16.5. The molecular weight excluding hydrogens is 835 g/mol. The summed E-state index contributed by atoms with van der Waals surface area (Å²) in [5, 5.41) is 42.7. The van der Waals surface area contributed by atoms with Crippen LogP contribution in [0.25, 0.3) is 10.9 Å². The highest BCUT2D eigenvalue weighted by Gasteiger charge is 2.43. The number of aliphatic hydroxyl groups is 2. The molecule has 6 aromatic carbocycles. The van der Waals surface area contributed by atoms with Crippen molar-refractivity contribution in [2.24, 2.45) is 0 Å². The van der Waals surface area contributed by atoms with E-state index in [0.717, 1.165) is 36.3 Å². The highest BCUT2D eigenvalue weighted by atomic mass is 16.6. The number of pyridine rings is 1. The van der Waals surface area contributed by atoms with Crippen LogP contribution in [0.5, 0.6) is 11.5 Å². The number of esters is 1. The number of amides is 2. The Morgan fingerprint density at radius 2 is 1.41 bits per heavy atom. The minimum atomic E-state index is -2.05. The number of fused-ring (bicyclic) bond motifs is 1. The number of likely N-dealkylation sites (tertiary alicyclic amines) is 1. The van der Waals surface area contributed by atoms with Crippen LogP contribution in [0, 0.1) is 0 Å². The number of aliphatic hydroxyl groups excluding tert-OH is 1. The summed E-state index contributed by atoms with van der Waals surface area (Å²) in [7, 11) is 0. The van der Waals surface area contributed by atoms with Crippen LogP contribution in [-0.2, 0) is 41.4 Å². The molecule has 0 spiro atoms. The summed E-state index contributed by atoms with van der Waals surface area (Å²) in [5.41, 5.74) is 3.82. The molecule has 2 amide bonds. The molecule has 338 valence electrons. The summed E-state index contributed by atoms with van der Waals surface area (Å²) < 4.78 is 12.2. The van der Waals surface area contributed by atoms with E-state index in [1.807, 2.05) is 60.7 Å². The molecule has 2 atom stereocenters. The molecule has 0 unspecified atom stereocenters. The minimum absolute atomic E-state index is 0.0641. The van der Waals surface area contributed by atoms with Gasteiger partial charge in [0.05, 0.1) is 11.6 Å². The summed E-state index contributed by atoms with van der Waals surface area (Å²) >= 11 is 0. The first-order chi connectivity index (χ1) is 32.1. The van der Waals surface area contributed by atoms with Crippen LogP contribution < -0.4 is 26.2 Å². The SMILES string of the molecule is O=C(NCc1ccc(COc2cccc([C@](O)(C(=O)OC3CCN(Cc4ccccc4)CC3)c3ccccc3)c2)cc1)Nc1ccc(CNC[C@H](O)c2ccc(O)c3[nH]c(=O)ccc23)cc1. The minimum Gasteiger partial charge on any atom is -0.506 e. The van der Waals surface area contributed by atoms with Crippen LogP contribution >= 0.6 is 0 Å². The standard InChI is InChI=1S/C53H53N5O8/c59-47-24-22-45(46-23-25-49(61)57-50(46)47)48(60)33-54-31-36-18-20-42(21-19-36)56-52(63)55-32-37-14-16-39(17-15-37)35-65-44-13-7-12-41(30-44)53(64,40-10-5-2-6-11-40)51(62)66-43-26-28-58(29-27-43)34-38-8-3-1-4-9-38/h1-25,30,43,48,54,59-60,64H,26-29,31-35H2,(H,57,61)(H2,55,56,63)/t48-,53-/m0/s1. The number of aromatic amines is 1. The number of urea groups is 1. The van der Waals surface area contributed by atoms with E-state index in [4.69, 9.17) is 9.47 Å². The monoisotopic (exact) mass is 887 g/mol. The largest absolute Gasteiger partial charge is 0.506 e. The van der Waals surface area contributed by atoms with E-state index in [9.17, 15) is 29.7 Å². The molecule has 0 bridgehead atoms. The number of nitrogens with one attached hydrogen (secondary N) is 4. The second kappa shape index (κ2) is 21.1. The summed E-state index contributed by atoms with van der Waals surface area (Å²) in [6.07, 6.45) is 0.158. The van der Waals surface area contributed by atoms with Gasteiger partial charge in [-0.3, -0.25) is 9.69 Å². The molecule has 13 nitrogen and oxygen atoms in total. The number of aromatic nitrogens is 1. The van der Waals surface area contributed by atoms with Crippen molar-refractivity contribution in [2.75, 3.05) is 25.0 Å². The number of nitrogens with zero attached hydrogens (tertiary/aromatic N) is 1. The average Bonchev–Trinajstić information content (AvgIpc) is 3.35. The van der Waals surface area contributed by atoms with Crippen molar-refractivity contribution in [1.29, 1.82) is 0 Å². The predicted molar refractivity (Wildman–Crippen MR) is 253 cm³/mol. The van der Waals surface area contributed by atoms with E-state index in [0.29, 0.717) is 59.4 Å². The second-order valence-electron chi connectivity index (χ2n) is 16.5. The average molecular weight is 888 g/mol. The molecule has 1 aromatic heterocycles. The fourth-order valence-corrected chi connectivity index (χ4v) is 8.15. The van der Waals surface area contributed by atoms with Gasteiger partial charge in [-0.15, -0.1) is 0 Å². The third kappa shape index (κ3) is 11.3. The Balaban J connectivity index is 0.790. The molecule has 1 fully saturated rings. The van der Waals surface area contributed by atoms with Crippen LogP contribution in [0.1, 0.15) is 57.9 Å². The lowest BCUT2D eigenvalue weighted by atomic mass is 9.86. The summed E-state index contributed by atoms with van der Waals surface area (Å²) in [4.78, 5) is 43.4. The lowest BCUT2D eigenvalue weighted by Gasteiger charge is -2.34. The fourth-order valence-electron chi connectivity index (χ4n) is 8.15. The van der Waals surface area contributed by atoms with Gasteiger partial charge in [-0.2, -0.15) is 0 Å². The molecule has 0 aliphatic carbocycles. The van der Waals surface area contributed by atoms with Crippen LogP contribution in [-0.4, -0.2) is 62.9 Å². The maximum Gasteiger partial charge on any atom is 0.347 e. The van der Waals surface area contributed by atoms with Gasteiger partial charge in [0.2, 0.25) is 11.2 Å². The molecular formula is C53H53N5O8. The predicted octanol–water partition coefficient (Wildman–Crippen LogP) is 7.40. The molecule has 7 aromatic rings. The zero-order chi connectivity index (χ0) is 45.9. The highest BCUT2D eigenvalue weighted by molar-refractivity contribution is 5.89. The van der Waals surface area contributed by atoms with E-state index >= 15 is 0 Å². The maximum atomic E-state index is 14.0. The number of anilines is 1. The van der Waals surface area contributed by atoms with E-state index in [2.05, 4.69) is 38.0 Å². The quantitative estimate of drug-likeness (QED) is 0.0455. The lowest BCUT2D eigenvalue weighted by molar-refractivity contribution is -0.170. The van der Waals surface area contributed by atoms with Gasteiger partial charge in [-0.1, -0.05) is 115 Å². The summed E-state index contributed by atoms with van der Waals surface area (Å²) in [5.74, 6) is -0.301. The van der Waals surface area contributed by atoms with Crippen molar-refractivity contribution >= 4 is 28.6 Å². The maximum absolute atomic E-state index is 14.0. The first-order valence-electron chi connectivity index (χ1n) is 22.0. The number of phenolic OH excluding ortho intramolecular Hbond substituents is 1. The molecule has 2 heterocycles. The number of aromatic hydroxyl groups is 1. The molecule has 0 radical (unpaired) electrons. The number of piperidine rings is 1. The molecule has 66 heavy (non-hydrogen) atoms. The highest BCUT2D eigenvalue weighted by Crippen LogP contribution is 2.35. The Hall–Kier alpha value is -7.29. The Kier molecular flexibility index (Phi) is 14.5. The van der Waals surface area contributed by atoms with Crippen LogP contribution in [0.4, 0.5) is 10.5 Å². The molecule has 1 aliphatic heterocycles. The molecule has 0 saturated carbocycles. The van der Waals surface area contributed by atoms with Crippen molar-refractivity contribution in [1.82, 2.24) is 20.5 Å². The summed E-state index contributed by atoms with van der Waals surface area (Å²) in [6, 6.07) is 46.8. The molecule has 1 saturated heterocycles. The number of benzene rings is 6. The topological polar surface area (TPSA) is 185 Å². The van der Waals surface area contributed by atoms with Gasteiger partial charge in [-0.05, 0) is 82.6 Å². The molecule has 13 heteroatoms. The number of hydrogen-bond acceptors (Lipinski definition) is 10. The first-order valence-corrected chi connectivity index (χ1v) is 22.0. The third-order valence-corrected chi connectivity index (χ3v) is 11.8. The lowest BCUT2D eigenvalue weighted by Crippen LogP contribution is -2.43. The van der Waals surface area contributed by atoms with Crippen molar-refractivity contribution < 1.29 is 34.4 Å². The van der Waals surface area contributed by atoms with Crippen molar-refractivity contribution in [2.45, 2.75) is 56.9 Å². The number of hydrogen-bond donors (Lipinski definition) is 7. The van der Waals surface area contributed by atoms with E-state index in [1.165, 1.54) is 17.7 Å². The van der Waals surface area contributed by atoms with E-state index in [1.54, 1.807) is 72.8 Å². The Morgan fingerprint density at radius 3 is 2.15 bits per heavy atom. The zero-order valence-electron chi connectivity index (χ0n) is 36.4. The van der Waals surface area contributed by atoms with Crippen molar-refractivity contribution in [3.8, 4) is 11.5 Å². The molecule has 7 N–H and O–H groups in total. The van der Waals surface area contributed by atoms with E-state index in [-0.39, 0.29) is 42.1 Å². The zero-order valence-corrected chi connectivity index (χ0v) is 36.4. The van der Waals surface area contributed by atoms with Gasteiger partial charge in [0.15, 0.2) is 0 Å². The van der Waals surface area contributed by atoms with Gasteiger partial charge in [0, 0.05) is 62.0 Å². The number of rotatable bonds is 17. The van der Waals surface area contributed by atoms with Crippen molar-refractivity contribution in [3.63, 3.8) is 0 Å². The normalized spacial score (nSPS) is 14.5. The third-order valence-electron chi connectivity index (χ3n) is 11.8. The van der Waals surface area contributed by atoms with Gasteiger partial charge in [-0.25, -0.2) is 9.59 Å². The Labute approximate surface area is 382 Å². The van der Waals surface area contributed by atoms with Crippen LogP contribution in [0.2, 0.25) is 0 Å². The molecule has 8 rings (SSSR count). The van der Waals surface area contributed by atoms with Gasteiger partial charge < -0.3 is 45.7 Å². The van der Waals surface area contributed by atoms with E-state index < -0.39 is 17.7 Å². The van der Waals surface area contributed by atoms with Gasteiger partial charge >= 0.3 is 12.0 Å². The van der Waals surface area contributed by atoms with Gasteiger partial charge in [0.1, 0.15) is 24.2 Å². The van der Waals surface area contributed by atoms with Crippen LogP contribution in [0.3, 0.4) is 0 Å². The molecule has 1 aliphatic rings. The number of ether oxygens (including phenoxy) is 2. The Morgan fingerprint density at radius 1 is 0.742 bits per heavy atom. The van der Waals surface area contributed by atoms with Gasteiger partial charge in [0.25, 0.3) is 0 Å². The first kappa shape index (κ1) is 45.3. The van der Waals surface area contributed by atoms with Crippen LogP contribution in [0.15, 0.2) is 163 Å². The summed E-state index contributed by atoms with van der Waals surface area (Å²) in [6.45, 7) is 3.65. The van der Waals surface area contributed by atoms with Crippen molar-refractivity contribution in [3.05, 3.63) is 207 Å². The smallest absolute Gasteiger partial charge is 0.347 e. The Bertz CT molecular complexity index is 2780. The number of phenols is 1. The fraction of sp³-hybridized carbons (Fsp3) is 0.226. The number of H-pyrrole nitrogens is 1. The number of carbonyl (C=O) groups excluding carboxylic acids is 2.